The molecule has 20 nitrogen and oxygen atoms in total. The average Bonchev–Trinajstić information content (AvgIpc) is 3.04. The van der Waals surface area contributed by atoms with Gasteiger partial charge in [0, 0.05) is 6.04 Å². The van der Waals surface area contributed by atoms with E-state index in [1.165, 1.54) is 14.0 Å². The minimum absolute atomic E-state index is 0.0890. The number of hydrogen-bond acceptors (Lipinski definition) is 18. The molecular weight excluding hydrogens is 640 g/mol. The Hall–Kier alpha value is -1.70. The maximum Gasteiger partial charge on any atom is 0.185 e. The Bertz CT molecular complexity index is 1080. The number of aliphatic hydroxyl groups is 8. The number of hydrogen-bond donors (Lipinski definition) is 14. The largest absolute Gasteiger partial charge is 0.394 e. The fraction of sp³-hybridized carbons (Fsp3) is 0.929. The van der Waals surface area contributed by atoms with Crippen molar-refractivity contribution in [1.82, 2.24) is 5.32 Å². The molecule has 0 aromatic heterocycles. The summed E-state index contributed by atoms with van der Waals surface area (Å²) in [4.78, 5) is 8.51. The second kappa shape index (κ2) is 17.5. The summed E-state index contributed by atoms with van der Waals surface area (Å²) in [5.41, 5.74) is 28.9. The van der Waals surface area contributed by atoms with Gasteiger partial charge in [-0.3, -0.25) is 9.98 Å². The minimum atomic E-state index is -2.05. The zero-order valence-electron chi connectivity index (χ0n) is 27.5. The van der Waals surface area contributed by atoms with Gasteiger partial charge in [-0.1, -0.05) is 0 Å². The summed E-state index contributed by atoms with van der Waals surface area (Å²) in [6.45, 7) is 2.20. The Morgan fingerprint density at radius 3 is 2.23 bits per heavy atom. The van der Waals surface area contributed by atoms with Crippen LogP contribution < -0.4 is 34.0 Å². The van der Waals surface area contributed by atoms with Gasteiger partial charge in [0.05, 0.1) is 50.0 Å². The molecule has 48 heavy (non-hydrogen) atoms. The van der Waals surface area contributed by atoms with E-state index >= 15 is 0 Å². The molecule has 0 amide bonds. The second-order valence-electron chi connectivity index (χ2n) is 13.1. The lowest BCUT2D eigenvalue weighted by Crippen LogP contribution is -2.67. The second-order valence-corrected chi connectivity index (χ2v) is 13.1. The van der Waals surface area contributed by atoms with E-state index < -0.39 is 116 Å². The normalized spacial score (nSPS) is 41.8. The Morgan fingerprint density at radius 2 is 1.62 bits per heavy atom. The third kappa shape index (κ3) is 9.75. The molecular formula is C28H56N8O12. The number of nitrogens with two attached hydrogens (primary N) is 5. The molecule has 3 fully saturated rings. The molecule has 5 unspecified atom stereocenters. The number of likely N-dealkylation sites (N-methyl/N-ethyl adjacent to an activating group) is 1. The molecule has 0 aromatic carbocycles. The lowest BCUT2D eigenvalue weighted by molar-refractivity contribution is -0.306. The Balaban J connectivity index is 1.87. The predicted octanol–water partition coefficient (Wildman–Crippen LogP) is -7.40. The third-order valence-corrected chi connectivity index (χ3v) is 9.03. The van der Waals surface area contributed by atoms with Crippen molar-refractivity contribution in [2.24, 2.45) is 38.7 Å². The zero-order valence-corrected chi connectivity index (χ0v) is 27.5. The SMILES string of the molecule is CN[C@@H]1[C@@H](O)[C@@H](O[C@@H]2[C@@H](O)[C@H](O[C@H]3O[C@H](CN=C(N)C(C)N)CC[C@H]3N)[C@@H](N)C[C@H]2N=C(N)C(O)C(O)C(O)C(O)CO)OC[C@]1(C)O. The van der Waals surface area contributed by atoms with Gasteiger partial charge in [0.1, 0.15) is 66.1 Å². The van der Waals surface area contributed by atoms with Crippen LogP contribution in [0.15, 0.2) is 9.98 Å². The van der Waals surface area contributed by atoms with Crippen molar-refractivity contribution in [2.75, 3.05) is 26.8 Å². The van der Waals surface area contributed by atoms with Crippen LogP contribution in [0.5, 0.6) is 0 Å². The number of nitrogens with one attached hydrogen (secondary N) is 1. The molecule has 1 saturated carbocycles. The van der Waals surface area contributed by atoms with E-state index in [1.54, 1.807) is 6.92 Å². The van der Waals surface area contributed by atoms with Crippen molar-refractivity contribution < 1.29 is 59.8 Å². The van der Waals surface area contributed by atoms with Gasteiger partial charge in [-0.15, -0.1) is 0 Å². The van der Waals surface area contributed by atoms with Crippen LogP contribution in [0.3, 0.4) is 0 Å². The molecule has 280 valence electrons. The van der Waals surface area contributed by atoms with E-state index in [1.807, 2.05) is 0 Å². The molecule has 0 bridgehead atoms. The number of nitrogens with zero attached hydrogens (tertiary/aromatic N) is 2. The highest BCUT2D eigenvalue weighted by Crippen LogP contribution is 2.33. The van der Waals surface area contributed by atoms with Gasteiger partial charge >= 0.3 is 0 Å². The summed E-state index contributed by atoms with van der Waals surface area (Å²) in [7, 11) is 1.53. The maximum absolute atomic E-state index is 11.7. The Labute approximate surface area is 278 Å². The van der Waals surface area contributed by atoms with Crippen LogP contribution in [0, 0.1) is 0 Å². The molecule has 19 N–H and O–H groups in total. The van der Waals surface area contributed by atoms with Crippen LogP contribution in [0.2, 0.25) is 0 Å². The lowest BCUT2D eigenvalue weighted by atomic mass is 9.83. The van der Waals surface area contributed by atoms with Gasteiger partial charge < -0.3 is 93.8 Å². The lowest BCUT2D eigenvalue weighted by Gasteiger charge is -2.48. The smallest absolute Gasteiger partial charge is 0.185 e. The number of rotatable bonds is 14. The van der Waals surface area contributed by atoms with Gasteiger partial charge in [0.15, 0.2) is 12.6 Å². The minimum Gasteiger partial charge on any atom is -0.394 e. The summed E-state index contributed by atoms with van der Waals surface area (Å²) in [5, 5.41) is 86.0. The average molecular weight is 697 g/mol. The van der Waals surface area contributed by atoms with Crippen molar-refractivity contribution in [2.45, 2.75) is 136 Å². The summed E-state index contributed by atoms with van der Waals surface area (Å²) in [6.07, 6.45) is -15.3. The first-order valence-electron chi connectivity index (χ1n) is 16.0. The molecule has 0 radical (unpaired) electrons. The molecule has 0 spiro atoms. The number of ether oxygens (including phenoxy) is 4. The van der Waals surface area contributed by atoms with Crippen LogP contribution in [-0.2, 0) is 18.9 Å². The summed E-state index contributed by atoms with van der Waals surface area (Å²) in [6, 6.07) is -4.04. The predicted molar refractivity (Wildman–Crippen MR) is 170 cm³/mol. The molecule has 3 rings (SSSR count). The maximum atomic E-state index is 11.7. The monoisotopic (exact) mass is 696 g/mol. The summed E-state index contributed by atoms with van der Waals surface area (Å²) in [5.74, 6) is -0.357. The molecule has 2 heterocycles. The van der Waals surface area contributed by atoms with Crippen LogP contribution in [0.1, 0.15) is 33.1 Å². The van der Waals surface area contributed by atoms with Gasteiger partial charge in [-0.05, 0) is 40.2 Å². The fourth-order valence-electron chi connectivity index (χ4n) is 6.03. The van der Waals surface area contributed by atoms with Gasteiger partial charge in [0.2, 0.25) is 0 Å². The highest BCUT2D eigenvalue weighted by atomic mass is 16.7. The quantitative estimate of drug-likeness (QED) is 0.0592. The summed E-state index contributed by atoms with van der Waals surface area (Å²) >= 11 is 0. The van der Waals surface area contributed by atoms with Crippen LogP contribution in [0.25, 0.3) is 0 Å². The van der Waals surface area contributed by atoms with Gasteiger partial charge in [-0.2, -0.15) is 0 Å². The van der Waals surface area contributed by atoms with Crippen LogP contribution in [0.4, 0.5) is 0 Å². The Kier molecular flexibility index (Phi) is 14.8. The van der Waals surface area contributed by atoms with Crippen LogP contribution >= 0.6 is 0 Å². The van der Waals surface area contributed by atoms with Gasteiger partial charge in [-0.25, -0.2) is 0 Å². The van der Waals surface area contributed by atoms with Gasteiger partial charge in [0.25, 0.3) is 0 Å². The molecule has 0 aromatic rings. The zero-order chi connectivity index (χ0) is 36.1. The van der Waals surface area contributed by atoms with E-state index in [0.717, 1.165) is 0 Å². The molecule has 2 aliphatic heterocycles. The first-order valence-corrected chi connectivity index (χ1v) is 16.0. The van der Waals surface area contributed by atoms with Crippen molar-refractivity contribution >= 4 is 11.7 Å². The van der Waals surface area contributed by atoms with E-state index in [4.69, 9.17) is 52.7 Å². The number of aliphatic imine (C=N–C) groups is 2. The molecule has 2 saturated heterocycles. The number of amidine groups is 2. The van der Waals surface area contributed by atoms with E-state index in [2.05, 4.69) is 15.3 Å². The van der Waals surface area contributed by atoms with Crippen LogP contribution in [-0.4, -0.2) is 183 Å². The Morgan fingerprint density at radius 1 is 0.979 bits per heavy atom. The molecule has 3 aliphatic rings. The third-order valence-electron chi connectivity index (χ3n) is 9.03. The topological polar surface area (TPSA) is 366 Å². The molecule has 17 atom stereocenters. The first kappa shape index (κ1) is 40.7. The van der Waals surface area contributed by atoms with E-state index in [-0.39, 0.29) is 25.4 Å². The number of aliphatic hydroxyl groups excluding tert-OH is 7. The molecule has 1 aliphatic carbocycles. The summed E-state index contributed by atoms with van der Waals surface area (Å²) < 4.78 is 23.9. The first-order chi connectivity index (χ1) is 22.4. The van der Waals surface area contributed by atoms with E-state index in [9.17, 15) is 35.7 Å². The van der Waals surface area contributed by atoms with Crippen molar-refractivity contribution in [3.05, 3.63) is 0 Å². The van der Waals surface area contributed by atoms with Crippen molar-refractivity contribution in [3.8, 4) is 0 Å². The standard InChI is InChI=1S/C28H56N8O12/c1-10(29)24(32)35-7-11-4-5-12(30)26(46-11)47-21-13(31)6-14(36-25(33)18(41)17(40)16(39)15(38)8-37)22(19(21)42)48-27-20(43)23(34-3)28(2,44)9-45-27/h10-23,26-27,34,37-44H,4-9,29-31H2,1-3H3,(H2,32,35)(H2,33,36)/t10?,11-,12+,13-,14+,15?,16?,17?,18?,19-,20+,21+,22-,23+,26+,27+,28-/m0/s1. The van der Waals surface area contributed by atoms with Crippen molar-refractivity contribution in [1.29, 1.82) is 0 Å². The van der Waals surface area contributed by atoms with E-state index in [0.29, 0.717) is 12.8 Å². The van der Waals surface area contributed by atoms with Crippen molar-refractivity contribution in [3.63, 3.8) is 0 Å². The molecule has 20 heteroatoms. The fourth-order valence-corrected chi connectivity index (χ4v) is 6.03. The highest BCUT2D eigenvalue weighted by molar-refractivity contribution is 5.85. The highest BCUT2D eigenvalue weighted by Gasteiger charge is 2.52.